The minimum Gasteiger partial charge on any atom is -0.454 e. The first-order valence-electron chi connectivity index (χ1n) is 25.2. The first-order chi connectivity index (χ1) is 35.5. The van der Waals surface area contributed by atoms with Crippen LogP contribution in [0.5, 0.6) is 0 Å². The summed E-state index contributed by atoms with van der Waals surface area (Å²) >= 11 is 0. The molecule has 0 fully saturated rings. The molecule has 6 nitrogen and oxygen atoms in total. The third-order valence-electron chi connectivity index (χ3n) is 16.1. The van der Waals surface area contributed by atoms with Crippen LogP contribution in [0.15, 0.2) is 217 Å². The Labute approximate surface area is 417 Å². The van der Waals surface area contributed by atoms with E-state index in [0.717, 1.165) is 85.1 Å². The number of anilines is 3. The third kappa shape index (κ3) is 5.80. The molecule has 72 heavy (non-hydrogen) atoms. The predicted molar refractivity (Wildman–Crippen MR) is 292 cm³/mol. The van der Waals surface area contributed by atoms with Gasteiger partial charge in [0.2, 0.25) is 5.95 Å². The number of furan rings is 1. The lowest BCUT2D eigenvalue weighted by Crippen LogP contribution is -2.25. The second-order valence-corrected chi connectivity index (χ2v) is 20.1. The van der Waals surface area contributed by atoms with E-state index in [2.05, 4.69) is 224 Å². The largest absolute Gasteiger partial charge is 0.454 e. The van der Waals surface area contributed by atoms with Crippen LogP contribution in [-0.4, -0.2) is 19.5 Å². The van der Waals surface area contributed by atoms with Crippen molar-refractivity contribution in [1.29, 1.82) is 0 Å². The number of nitrogens with zero attached hydrogens (tertiary/aromatic N) is 5. The number of hydrogen-bond donors (Lipinski definition) is 0. The second-order valence-electron chi connectivity index (χ2n) is 20.1. The molecule has 3 aliphatic carbocycles. The molecule has 9 aromatic carbocycles. The van der Waals surface area contributed by atoms with Crippen molar-refractivity contribution in [1.82, 2.24) is 19.5 Å². The molecule has 3 heterocycles. The lowest BCUT2D eigenvalue weighted by molar-refractivity contribution is 0.361. The highest BCUT2D eigenvalue weighted by Gasteiger charge is 2.54. The van der Waals surface area contributed by atoms with Gasteiger partial charge in [-0.1, -0.05) is 178 Å². The number of para-hydroxylation sites is 3. The van der Waals surface area contributed by atoms with Crippen LogP contribution < -0.4 is 4.90 Å². The van der Waals surface area contributed by atoms with E-state index in [-0.39, 0.29) is 0 Å². The number of hydrogen-bond acceptors (Lipinski definition) is 5. The van der Waals surface area contributed by atoms with Gasteiger partial charge in [0.1, 0.15) is 5.58 Å². The van der Waals surface area contributed by atoms with Crippen LogP contribution >= 0.6 is 0 Å². The zero-order valence-corrected chi connectivity index (χ0v) is 39.9. The van der Waals surface area contributed by atoms with E-state index < -0.39 is 5.41 Å². The smallest absolute Gasteiger partial charge is 0.238 e. The van der Waals surface area contributed by atoms with E-state index in [1.807, 2.05) is 12.1 Å². The molecule has 342 valence electrons. The summed E-state index contributed by atoms with van der Waals surface area (Å²) in [5, 5.41) is 3.29. The second kappa shape index (κ2) is 15.6. The van der Waals surface area contributed by atoms with Gasteiger partial charge < -0.3 is 9.32 Å². The molecule has 2 unspecified atom stereocenters. The number of rotatable bonds is 6. The zero-order chi connectivity index (χ0) is 47.7. The van der Waals surface area contributed by atoms with Crippen molar-refractivity contribution in [2.24, 2.45) is 11.8 Å². The molecule has 0 N–H and O–H groups in total. The van der Waals surface area contributed by atoms with Crippen LogP contribution in [0, 0.1) is 11.8 Å². The summed E-state index contributed by atoms with van der Waals surface area (Å²) < 4.78 is 9.14. The van der Waals surface area contributed by atoms with Gasteiger partial charge in [-0.2, -0.15) is 9.97 Å². The minimum absolute atomic E-state index is 0.580. The first kappa shape index (κ1) is 41.0. The van der Waals surface area contributed by atoms with Gasteiger partial charge in [0.15, 0.2) is 17.2 Å². The summed E-state index contributed by atoms with van der Waals surface area (Å²) in [6.07, 6.45) is 2.12. The minimum atomic E-state index is -0.651. The Balaban J connectivity index is 1.06. The predicted octanol–water partition coefficient (Wildman–Crippen LogP) is 16.2. The monoisotopic (exact) mass is 925 g/mol. The molecule has 0 saturated carbocycles. The molecule has 6 heteroatoms. The Bertz CT molecular complexity index is 4120. The summed E-state index contributed by atoms with van der Waals surface area (Å²) in [6.45, 7) is 4.75. The molecular formula is C66H47N5O. The molecule has 0 radical (unpaired) electrons. The molecular weight excluding hydrogens is 879 g/mol. The molecule has 3 aromatic heterocycles. The summed E-state index contributed by atoms with van der Waals surface area (Å²) in [7, 11) is 0. The molecule has 0 aliphatic heterocycles. The van der Waals surface area contributed by atoms with Gasteiger partial charge in [0, 0.05) is 49.8 Å². The van der Waals surface area contributed by atoms with Crippen molar-refractivity contribution in [3.63, 3.8) is 0 Å². The average Bonchev–Trinajstić information content (AvgIpc) is 4.17. The third-order valence-corrected chi connectivity index (χ3v) is 16.1. The van der Waals surface area contributed by atoms with Crippen LogP contribution in [0.1, 0.15) is 47.2 Å². The maximum absolute atomic E-state index is 6.80. The van der Waals surface area contributed by atoms with Gasteiger partial charge in [-0.25, -0.2) is 4.98 Å². The highest BCUT2D eigenvalue weighted by molar-refractivity contribution is 6.11. The van der Waals surface area contributed by atoms with Gasteiger partial charge >= 0.3 is 0 Å². The van der Waals surface area contributed by atoms with E-state index >= 15 is 0 Å². The Kier molecular flexibility index (Phi) is 8.86. The SMILES string of the molecule is CC1Cc2ccc(-c3nc(-c4ccccc4)nc(-n4c5c(c6cc(N(c7ccccc7)c7cccc8c7oc7ccccc78)ccc64)C4(c6ccccc6-c6ccccc64)c4ccccc4-5)n3)cc2CC1C. The van der Waals surface area contributed by atoms with Crippen LogP contribution in [0.3, 0.4) is 0 Å². The van der Waals surface area contributed by atoms with Gasteiger partial charge in [0.05, 0.1) is 22.3 Å². The van der Waals surface area contributed by atoms with Gasteiger partial charge in [0.25, 0.3) is 0 Å². The van der Waals surface area contributed by atoms with Crippen LogP contribution in [0.25, 0.3) is 83.9 Å². The van der Waals surface area contributed by atoms with Crippen LogP contribution in [0.4, 0.5) is 17.1 Å². The fourth-order valence-corrected chi connectivity index (χ4v) is 12.7. The molecule has 0 bridgehead atoms. The first-order valence-corrected chi connectivity index (χ1v) is 25.2. The quantitative estimate of drug-likeness (QED) is 0.166. The molecule has 2 atom stereocenters. The highest BCUT2D eigenvalue weighted by atomic mass is 16.3. The molecule has 1 spiro atoms. The Morgan fingerprint density at radius 2 is 1.10 bits per heavy atom. The zero-order valence-electron chi connectivity index (χ0n) is 39.9. The maximum atomic E-state index is 6.80. The highest BCUT2D eigenvalue weighted by Crippen LogP contribution is 2.65. The van der Waals surface area contributed by atoms with Gasteiger partial charge in [-0.3, -0.25) is 4.57 Å². The van der Waals surface area contributed by atoms with E-state index in [1.54, 1.807) is 0 Å². The van der Waals surface area contributed by atoms with E-state index in [0.29, 0.717) is 29.4 Å². The molecule has 3 aliphatic rings. The van der Waals surface area contributed by atoms with Crippen molar-refractivity contribution < 1.29 is 4.42 Å². The molecule has 0 saturated heterocycles. The van der Waals surface area contributed by atoms with Gasteiger partial charge in [-0.15, -0.1) is 0 Å². The molecule has 0 amide bonds. The van der Waals surface area contributed by atoms with Crippen LogP contribution in [0.2, 0.25) is 0 Å². The maximum Gasteiger partial charge on any atom is 0.238 e. The summed E-state index contributed by atoms with van der Waals surface area (Å²) in [5.41, 5.74) is 19.5. The lowest BCUT2D eigenvalue weighted by Gasteiger charge is -2.30. The molecule has 15 rings (SSSR count). The van der Waals surface area contributed by atoms with Gasteiger partial charge in [-0.05, 0) is 112 Å². The topological polar surface area (TPSA) is 60.0 Å². The average molecular weight is 926 g/mol. The van der Waals surface area contributed by atoms with E-state index in [4.69, 9.17) is 19.4 Å². The Morgan fingerprint density at radius 1 is 0.486 bits per heavy atom. The lowest BCUT2D eigenvalue weighted by atomic mass is 9.70. The Morgan fingerprint density at radius 3 is 1.85 bits per heavy atom. The summed E-state index contributed by atoms with van der Waals surface area (Å²) in [5.74, 6) is 3.12. The van der Waals surface area contributed by atoms with Crippen molar-refractivity contribution in [3.05, 3.63) is 246 Å². The van der Waals surface area contributed by atoms with Crippen molar-refractivity contribution in [2.45, 2.75) is 32.1 Å². The summed E-state index contributed by atoms with van der Waals surface area (Å²) in [4.78, 5) is 18.8. The summed E-state index contributed by atoms with van der Waals surface area (Å²) in [6, 6.07) is 76.7. The van der Waals surface area contributed by atoms with Crippen molar-refractivity contribution in [3.8, 4) is 51.1 Å². The number of fused-ring (bicyclic) bond motifs is 16. The molecule has 12 aromatic rings. The fourth-order valence-electron chi connectivity index (χ4n) is 12.7. The fraction of sp³-hybridized carbons (Fsp3) is 0.106. The number of aromatic nitrogens is 4. The van der Waals surface area contributed by atoms with Crippen molar-refractivity contribution >= 4 is 49.9 Å². The van der Waals surface area contributed by atoms with E-state index in [9.17, 15) is 0 Å². The standard InChI is InChI=1S/C66H47N5O/c1-40-36-43-32-33-44(38-45(43)37-41(40)2)64-67-63(42-18-5-3-6-19-42)68-65(69-64)71-57-35-34-47(70(46-20-7-4-8-21-46)58-30-17-26-51-50-24-12-16-31-59(50)72-62(51)58)39-53(57)60-61(71)52-25-11-15-29-56(52)66(60)54-27-13-9-22-48(54)49-23-10-14-28-55(49)66/h3-35,38-41H,36-37H2,1-2H3. The van der Waals surface area contributed by atoms with E-state index in [1.165, 1.54) is 44.5 Å². The van der Waals surface area contributed by atoms with Crippen LogP contribution in [-0.2, 0) is 18.3 Å². The normalized spacial score (nSPS) is 15.9. The number of benzene rings is 9. The Hall–Kier alpha value is -8.87. The van der Waals surface area contributed by atoms with Crippen molar-refractivity contribution in [2.75, 3.05) is 4.90 Å².